The van der Waals surface area contributed by atoms with Gasteiger partial charge in [0.2, 0.25) is 0 Å². The van der Waals surface area contributed by atoms with Crippen LogP contribution in [0, 0.1) is 0 Å². The van der Waals surface area contributed by atoms with Crippen LogP contribution in [0.25, 0.3) is 0 Å². The Labute approximate surface area is 96.5 Å². The summed E-state index contributed by atoms with van der Waals surface area (Å²) < 4.78 is 28.1. The van der Waals surface area contributed by atoms with Crippen LogP contribution in [0.15, 0.2) is 0 Å². The molecular weight excluding hydrogens is 230 g/mol. The minimum absolute atomic E-state index is 0.0253. The van der Waals surface area contributed by atoms with Crippen LogP contribution < -0.4 is 5.32 Å². The van der Waals surface area contributed by atoms with E-state index in [1.165, 1.54) is 0 Å². The third-order valence-corrected chi connectivity index (χ3v) is 4.73. The number of sulfone groups is 1. The molecule has 1 fully saturated rings. The number of carbonyl (C=O) groups is 1. The van der Waals surface area contributed by atoms with Crippen LogP contribution in [0.2, 0.25) is 0 Å². The van der Waals surface area contributed by atoms with E-state index in [1.807, 2.05) is 6.92 Å². The fourth-order valence-corrected chi connectivity index (χ4v) is 2.84. The van der Waals surface area contributed by atoms with Gasteiger partial charge < -0.3 is 10.1 Å². The molecule has 0 radical (unpaired) electrons. The normalized spacial score (nSPS) is 16.8. The minimum atomic E-state index is -3.11. The molecular formula is C10H19NO4S. The molecule has 5 nitrogen and oxygen atoms in total. The molecule has 0 spiro atoms. The molecule has 0 aliphatic carbocycles. The van der Waals surface area contributed by atoms with Crippen molar-refractivity contribution in [3.8, 4) is 0 Å². The standard InChI is InChI=1S/C10H19NO4S/c1-2-3-5-15-10(12)4-6-16(13,14)9-7-11-8-9/h9,11H,2-8H2,1H3. The topological polar surface area (TPSA) is 72.5 Å². The van der Waals surface area contributed by atoms with Crippen molar-refractivity contribution in [3.05, 3.63) is 0 Å². The maximum absolute atomic E-state index is 11.6. The largest absolute Gasteiger partial charge is 0.466 e. The van der Waals surface area contributed by atoms with Gasteiger partial charge in [-0.25, -0.2) is 8.42 Å². The third-order valence-electron chi connectivity index (χ3n) is 2.60. The fraction of sp³-hybridized carbons (Fsp3) is 0.900. The molecule has 0 aromatic carbocycles. The lowest BCUT2D eigenvalue weighted by Crippen LogP contribution is -2.52. The summed E-state index contributed by atoms with van der Waals surface area (Å²) in [6, 6.07) is 0. The van der Waals surface area contributed by atoms with Crippen molar-refractivity contribution >= 4 is 15.8 Å². The van der Waals surface area contributed by atoms with Crippen molar-refractivity contribution in [1.82, 2.24) is 5.32 Å². The second kappa shape index (κ2) is 6.20. The van der Waals surface area contributed by atoms with E-state index >= 15 is 0 Å². The van der Waals surface area contributed by atoms with E-state index in [0.29, 0.717) is 19.7 Å². The Balaban J connectivity index is 2.20. The Hall–Kier alpha value is -0.620. The van der Waals surface area contributed by atoms with Gasteiger partial charge in [0.1, 0.15) is 0 Å². The molecule has 0 amide bonds. The SMILES string of the molecule is CCCCOC(=O)CCS(=O)(=O)C1CNC1. The monoisotopic (exact) mass is 249 g/mol. The van der Waals surface area contributed by atoms with Gasteiger partial charge in [0.25, 0.3) is 0 Å². The average Bonchev–Trinajstić information content (AvgIpc) is 2.12. The van der Waals surface area contributed by atoms with Crippen LogP contribution in [0.1, 0.15) is 26.2 Å². The summed E-state index contributed by atoms with van der Waals surface area (Å²) in [6.45, 7) is 3.41. The molecule has 0 unspecified atom stereocenters. The lowest BCUT2D eigenvalue weighted by atomic mass is 10.3. The molecule has 0 aromatic heterocycles. The number of esters is 1. The Bertz CT molecular complexity index is 322. The molecule has 0 aromatic rings. The highest BCUT2D eigenvalue weighted by Gasteiger charge is 2.31. The number of rotatable bonds is 7. The van der Waals surface area contributed by atoms with Crippen LogP contribution >= 0.6 is 0 Å². The zero-order valence-corrected chi connectivity index (χ0v) is 10.4. The number of hydrogen-bond acceptors (Lipinski definition) is 5. The van der Waals surface area contributed by atoms with Crippen molar-refractivity contribution in [2.75, 3.05) is 25.4 Å². The Morgan fingerprint density at radius 2 is 2.12 bits per heavy atom. The first-order chi connectivity index (χ1) is 7.56. The summed E-state index contributed by atoms with van der Waals surface area (Å²) in [5.74, 6) is -0.506. The van der Waals surface area contributed by atoms with E-state index in [2.05, 4.69) is 5.32 Å². The lowest BCUT2D eigenvalue weighted by molar-refractivity contribution is -0.143. The smallest absolute Gasteiger partial charge is 0.306 e. The van der Waals surface area contributed by atoms with Crippen LogP contribution in [-0.4, -0.2) is 45.1 Å². The van der Waals surface area contributed by atoms with Gasteiger partial charge in [-0.3, -0.25) is 4.79 Å². The van der Waals surface area contributed by atoms with E-state index in [-0.39, 0.29) is 17.4 Å². The lowest BCUT2D eigenvalue weighted by Gasteiger charge is -2.26. The first-order valence-corrected chi connectivity index (χ1v) is 7.35. The molecule has 1 heterocycles. The molecule has 1 aliphatic rings. The Kier molecular flexibility index (Phi) is 5.21. The number of hydrogen-bond donors (Lipinski definition) is 1. The second-order valence-electron chi connectivity index (χ2n) is 3.97. The average molecular weight is 249 g/mol. The van der Waals surface area contributed by atoms with Crippen LogP contribution in [0.4, 0.5) is 0 Å². The van der Waals surface area contributed by atoms with Gasteiger partial charge in [-0.1, -0.05) is 13.3 Å². The molecule has 0 bridgehead atoms. The Morgan fingerprint density at radius 1 is 1.44 bits per heavy atom. The summed E-state index contributed by atoms with van der Waals surface area (Å²) in [5.41, 5.74) is 0. The van der Waals surface area contributed by atoms with Gasteiger partial charge in [0, 0.05) is 13.1 Å². The molecule has 1 aliphatic heterocycles. The molecule has 1 rings (SSSR count). The van der Waals surface area contributed by atoms with E-state index in [1.54, 1.807) is 0 Å². The minimum Gasteiger partial charge on any atom is -0.466 e. The van der Waals surface area contributed by atoms with Crippen LogP contribution in [0.3, 0.4) is 0 Å². The van der Waals surface area contributed by atoms with Crippen LogP contribution in [-0.2, 0) is 19.4 Å². The van der Waals surface area contributed by atoms with Gasteiger partial charge in [-0.2, -0.15) is 0 Å². The zero-order chi connectivity index (χ0) is 12.0. The summed E-state index contributed by atoms with van der Waals surface area (Å²) in [4.78, 5) is 11.2. The van der Waals surface area contributed by atoms with Crippen molar-refractivity contribution < 1.29 is 17.9 Å². The summed E-state index contributed by atoms with van der Waals surface area (Å²) >= 11 is 0. The second-order valence-corrected chi connectivity index (χ2v) is 6.37. The Morgan fingerprint density at radius 3 is 2.62 bits per heavy atom. The predicted octanol–water partition coefficient (Wildman–Crippen LogP) is 0.106. The highest BCUT2D eigenvalue weighted by atomic mass is 32.2. The van der Waals surface area contributed by atoms with Crippen molar-refractivity contribution in [1.29, 1.82) is 0 Å². The zero-order valence-electron chi connectivity index (χ0n) is 9.57. The predicted molar refractivity (Wildman–Crippen MR) is 60.9 cm³/mol. The van der Waals surface area contributed by atoms with Crippen molar-refractivity contribution in [2.24, 2.45) is 0 Å². The molecule has 0 saturated carbocycles. The maximum Gasteiger partial charge on any atom is 0.306 e. The van der Waals surface area contributed by atoms with Gasteiger partial charge >= 0.3 is 5.97 Å². The van der Waals surface area contributed by atoms with Crippen molar-refractivity contribution in [3.63, 3.8) is 0 Å². The molecule has 6 heteroatoms. The molecule has 94 valence electrons. The molecule has 1 N–H and O–H groups in total. The van der Waals surface area contributed by atoms with Gasteiger partial charge in [0.15, 0.2) is 9.84 Å². The number of ether oxygens (including phenoxy) is 1. The highest BCUT2D eigenvalue weighted by Crippen LogP contribution is 2.09. The summed E-state index contributed by atoms with van der Waals surface area (Å²) in [6.07, 6.45) is 1.76. The van der Waals surface area contributed by atoms with Gasteiger partial charge in [0.05, 0.1) is 24.0 Å². The first-order valence-electron chi connectivity index (χ1n) is 5.64. The summed E-state index contributed by atoms with van der Waals surface area (Å²) in [7, 11) is -3.11. The van der Waals surface area contributed by atoms with Crippen molar-refractivity contribution in [2.45, 2.75) is 31.4 Å². The van der Waals surface area contributed by atoms with E-state index in [9.17, 15) is 13.2 Å². The fourth-order valence-electron chi connectivity index (χ4n) is 1.31. The van der Waals surface area contributed by atoms with E-state index in [4.69, 9.17) is 4.74 Å². The quantitative estimate of drug-likeness (QED) is 0.512. The van der Waals surface area contributed by atoms with Crippen LogP contribution in [0.5, 0.6) is 0 Å². The molecule has 1 saturated heterocycles. The number of nitrogens with one attached hydrogen (secondary N) is 1. The molecule has 16 heavy (non-hydrogen) atoms. The van der Waals surface area contributed by atoms with E-state index < -0.39 is 15.8 Å². The highest BCUT2D eigenvalue weighted by molar-refractivity contribution is 7.92. The molecule has 0 atom stereocenters. The third kappa shape index (κ3) is 4.09. The van der Waals surface area contributed by atoms with Gasteiger partial charge in [-0.05, 0) is 6.42 Å². The maximum atomic E-state index is 11.6. The first kappa shape index (κ1) is 13.4. The number of unbranched alkanes of at least 4 members (excludes halogenated alkanes) is 1. The van der Waals surface area contributed by atoms with E-state index in [0.717, 1.165) is 12.8 Å². The van der Waals surface area contributed by atoms with Gasteiger partial charge in [-0.15, -0.1) is 0 Å². The number of carbonyl (C=O) groups excluding carboxylic acids is 1. The summed E-state index contributed by atoms with van der Waals surface area (Å²) in [5, 5.41) is 2.59.